The first-order valence-electron chi connectivity index (χ1n) is 7.83. The van der Waals surface area contributed by atoms with Crippen LogP contribution in [-0.2, 0) is 14.8 Å². The van der Waals surface area contributed by atoms with Gasteiger partial charge in [-0.3, -0.25) is 0 Å². The molecule has 0 spiro atoms. The molecule has 0 amide bonds. The second kappa shape index (κ2) is 8.53. The largest absolute Gasteiger partial charge is 0.492 e. The Bertz CT molecular complexity index is 898. The highest BCUT2D eigenvalue weighted by molar-refractivity contribution is 7.89. The molecule has 0 aliphatic heterocycles. The first kappa shape index (κ1) is 20.2. The number of carbonyl (C=O) groups excluding carboxylic acids is 1. The number of aryl methyl sites for hydroxylation is 1. The van der Waals surface area contributed by atoms with Gasteiger partial charge in [-0.15, -0.1) is 0 Å². The Morgan fingerprint density at radius 2 is 1.92 bits per heavy atom. The van der Waals surface area contributed by atoms with E-state index < -0.39 is 22.0 Å². The number of ether oxygens (including phenoxy) is 2. The number of carbonyl (C=O) groups is 1. The maximum Gasteiger partial charge on any atom is 0.339 e. The van der Waals surface area contributed by atoms with Crippen molar-refractivity contribution >= 4 is 27.6 Å². The number of hydrogen-bond acceptors (Lipinski definition) is 5. The third-order valence-corrected chi connectivity index (χ3v) is 5.51. The van der Waals surface area contributed by atoms with Crippen LogP contribution in [0.5, 0.6) is 5.75 Å². The number of hydrogen-bond donors (Lipinski definition) is 1. The zero-order valence-electron chi connectivity index (χ0n) is 14.7. The van der Waals surface area contributed by atoms with Crippen molar-refractivity contribution in [3.05, 3.63) is 58.6 Å². The monoisotopic (exact) mass is 397 g/mol. The van der Waals surface area contributed by atoms with E-state index in [0.29, 0.717) is 5.75 Å². The number of esters is 1. The average Bonchev–Trinajstić information content (AvgIpc) is 2.60. The van der Waals surface area contributed by atoms with Crippen molar-refractivity contribution in [2.45, 2.75) is 24.8 Å². The zero-order valence-corrected chi connectivity index (χ0v) is 16.2. The van der Waals surface area contributed by atoms with E-state index in [2.05, 4.69) is 9.46 Å². The first-order chi connectivity index (χ1) is 12.2. The van der Waals surface area contributed by atoms with Crippen LogP contribution in [0.2, 0.25) is 5.02 Å². The summed E-state index contributed by atoms with van der Waals surface area (Å²) in [5.41, 5.74) is 0.948. The van der Waals surface area contributed by atoms with Crippen molar-refractivity contribution in [3.63, 3.8) is 0 Å². The van der Waals surface area contributed by atoms with Gasteiger partial charge in [-0.25, -0.2) is 17.9 Å². The minimum Gasteiger partial charge on any atom is -0.492 e. The second-order valence-electron chi connectivity index (χ2n) is 5.73. The minimum absolute atomic E-state index is 0.0131. The lowest BCUT2D eigenvalue weighted by atomic mass is 10.2. The van der Waals surface area contributed by atoms with Gasteiger partial charge in [-0.05, 0) is 43.7 Å². The summed E-state index contributed by atoms with van der Waals surface area (Å²) < 4.78 is 37.8. The zero-order chi connectivity index (χ0) is 19.3. The molecule has 8 heteroatoms. The summed E-state index contributed by atoms with van der Waals surface area (Å²) >= 11 is 5.92. The van der Waals surface area contributed by atoms with Gasteiger partial charge in [-0.2, -0.15) is 0 Å². The van der Waals surface area contributed by atoms with Crippen LogP contribution in [0.25, 0.3) is 0 Å². The fourth-order valence-electron chi connectivity index (χ4n) is 2.24. The quantitative estimate of drug-likeness (QED) is 0.725. The predicted molar refractivity (Wildman–Crippen MR) is 99.2 cm³/mol. The molecule has 0 saturated carbocycles. The van der Waals surface area contributed by atoms with Gasteiger partial charge >= 0.3 is 5.97 Å². The Hall–Kier alpha value is -2.09. The van der Waals surface area contributed by atoms with E-state index in [4.69, 9.17) is 16.3 Å². The van der Waals surface area contributed by atoms with Crippen LogP contribution < -0.4 is 9.46 Å². The third kappa shape index (κ3) is 4.97. The molecule has 0 fully saturated rings. The second-order valence-corrected chi connectivity index (χ2v) is 7.85. The molecular formula is C18H20ClNO5S. The molecule has 6 nitrogen and oxygen atoms in total. The molecule has 0 aliphatic rings. The molecule has 0 bridgehead atoms. The van der Waals surface area contributed by atoms with Crippen LogP contribution >= 0.6 is 11.6 Å². The molecule has 0 saturated heterocycles. The van der Waals surface area contributed by atoms with Crippen molar-refractivity contribution < 1.29 is 22.7 Å². The van der Waals surface area contributed by atoms with E-state index in [0.717, 1.165) is 5.56 Å². The van der Waals surface area contributed by atoms with E-state index in [-0.39, 0.29) is 22.1 Å². The maximum atomic E-state index is 12.5. The summed E-state index contributed by atoms with van der Waals surface area (Å²) in [5.74, 6) is -0.0130. The maximum absolute atomic E-state index is 12.5. The molecule has 26 heavy (non-hydrogen) atoms. The van der Waals surface area contributed by atoms with Crippen LogP contribution in [0.1, 0.15) is 22.8 Å². The van der Waals surface area contributed by atoms with Crippen molar-refractivity contribution in [2.75, 3.05) is 13.7 Å². The topological polar surface area (TPSA) is 81.7 Å². The first-order valence-corrected chi connectivity index (χ1v) is 9.69. The van der Waals surface area contributed by atoms with Crippen molar-refractivity contribution in [3.8, 4) is 5.75 Å². The number of rotatable bonds is 7. The molecule has 2 rings (SSSR count). The Kier molecular flexibility index (Phi) is 6.63. The van der Waals surface area contributed by atoms with Crippen LogP contribution in [0, 0.1) is 6.92 Å². The van der Waals surface area contributed by atoms with Gasteiger partial charge in [0.25, 0.3) is 0 Å². The van der Waals surface area contributed by atoms with E-state index in [9.17, 15) is 13.2 Å². The predicted octanol–water partition coefficient (Wildman–Crippen LogP) is 3.18. The van der Waals surface area contributed by atoms with Gasteiger partial charge in [0.1, 0.15) is 12.4 Å². The van der Waals surface area contributed by atoms with Gasteiger partial charge in [-0.1, -0.05) is 29.8 Å². The molecule has 0 heterocycles. The van der Waals surface area contributed by atoms with Crippen LogP contribution in [0.4, 0.5) is 0 Å². The number of sulfonamides is 1. The Balaban J connectivity index is 2.10. The molecule has 0 aromatic heterocycles. The van der Waals surface area contributed by atoms with Gasteiger partial charge in [0.05, 0.1) is 28.6 Å². The third-order valence-electron chi connectivity index (χ3n) is 3.59. The molecule has 2 aromatic rings. The lowest BCUT2D eigenvalue weighted by molar-refractivity contribution is 0.0600. The van der Waals surface area contributed by atoms with E-state index in [1.165, 1.54) is 25.3 Å². The highest BCUT2D eigenvalue weighted by Crippen LogP contribution is 2.22. The minimum atomic E-state index is -3.85. The Morgan fingerprint density at radius 1 is 1.23 bits per heavy atom. The molecule has 0 radical (unpaired) electrons. The number of nitrogens with one attached hydrogen (secondary N) is 1. The summed E-state index contributed by atoms with van der Waals surface area (Å²) in [6.45, 7) is 3.75. The van der Waals surface area contributed by atoms with Crippen molar-refractivity contribution in [1.29, 1.82) is 0 Å². The fraction of sp³-hybridized carbons (Fsp3) is 0.278. The van der Waals surface area contributed by atoms with E-state index >= 15 is 0 Å². The summed E-state index contributed by atoms with van der Waals surface area (Å²) in [7, 11) is -2.65. The lowest BCUT2D eigenvalue weighted by Gasteiger charge is -2.16. The summed E-state index contributed by atoms with van der Waals surface area (Å²) in [6.07, 6.45) is 0. The van der Waals surface area contributed by atoms with Gasteiger partial charge in [0.2, 0.25) is 10.0 Å². The summed E-state index contributed by atoms with van der Waals surface area (Å²) in [6, 6.07) is 10.8. The summed E-state index contributed by atoms with van der Waals surface area (Å²) in [4.78, 5) is 11.6. The van der Waals surface area contributed by atoms with Crippen molar-refractivity contribution in [2.24, 2.45) is 0 Å². The molecule has 140 valence electrons. The number of benzene rings is 2. The smallest absolute Gasteiger partial charge is 0.339 e. The average molecular weight is 398 g/mol. The van der Waals surface area contributed by atoms with Crippen molar-refractivity contribution in [1.82, 2.24) is 4.72 Å². The van der Waals surface area contributed by atoms with Crippen LogP contribution in [0.3, 0.4) is 0 Å². The van der Waals surface area contributed by atoms with E-state index in [1.807, 2.05) is 31.2 Å². The number of halogens is 1. The standard InChI is InChI=1S/C18H20ClNO5S/c1-12-6-4-5-7-17(12)25-11-13(2)20-26(22,23)14-8-9-16(19)15(10-14)18(21)24-3/h4-10,13,20H,11H2,1-3H3/t13-/m0/s1. The van der Waals surface area contributed by atoms with Crippen LogP contribution in [-0.4, -0.2) is 34.1 Å². The van der Waals surface area contributed by atoms with Gasteiger partial charge in [0.15, 0.2) is 0 Å². The lowest BCUT2D eigenvalue weighted by Crippen LogP contribution is -2.36. The molecule has 2 aromatic carbocycles. The molecule has 0 aliphatic carbocycles. The summed E-state index contributed by atoms with van der Waals surface area (Å²) in [5, 5.41) is 0.117. The molecule has 0 unspecified atom stereocenters. The van der Waals surface area contributed by atoms with Gasteiger partial charge in [0, 0.05) is 0 Å². The normalized spacial score (nSPS) is 12.5. The number of para-hydroxylation sites is 1. The SMILES string of the molecule is COC(=O)c1cc(S(=O)(=O)N[C@@H](C)COc2ccccc2C)ccc1Cl. The fourth-order valence-corrected chi connectivity index (χ4v) is 3.69. The highest BCUT2D eigenvalue weighted by Gasteiger charge is 2.21. The number of methoxy groups -OCH3 is 1. The highest BCUT2D eigenvalue weighted by atomic mass is 35.5. The van der Waals surface area contributed by atoms with Gasteiger partial charge < -0.3 is 9.47 Å². The molecule has 1 N–H and O–H groups in total. The molecule has 1 atom stereocenters. The Morgan fingerprint density at radius 3 is 2.58 bits per heavy atom. The van der Waals surface area contributed by atoms with Crippen LogP contribution in [0.15, 0.2) is 47.4 Å². The Labute approximate surface area is 158 Å². The van der Waals surface area contributed by atoms with E-state index in [1.54, 1.807) is 6.92 Å². The molecular weight excluding hydrogens is 378 g/mol.